The van der Waals surface area contributed by atoms with Crippen LogP contribution in [0, 0.1) is 11.8 Å². The molecule has 5 nitrogen and oxygen atoms in total. The predicted octanol–water partition coefficient (Wildman–Crippen LogP) is 0.203. The van der Waals surface area contributed by atoms with Crippen molar-refractivity contribution >= 4 is 17.2 Å². The number of nitrogens with one attached hydrogen (secondary N) is 1. The van der Waals surface area contributed by atoms with Crippen LogP contribution < -0.4 is 11.1 Å². The van der Waals surface area contributed by atoms with Gasteiger partial charge in [0.05, 0.1) is 32.5 Å². The van der Waals surface area contributed by atoms with Crippen molar-refractivity contribution in [3.05, 3.63) is 21.9 Å². The van der Waals surface area contributed by atoms with Gasteiger partial charge in [-0.2, -0.15) is 0 Å². The van der Waals surface area contributed by atoms with Crippen LogP contribution in [0.2, 0.25) is 0 Å². The van der Waals surface area contributed by atoms with E-state index in [0.29, 0.717) is 36.8 Å². The van der Waals surface area contributed by atoms with Gasteiger partial charge >= 0.3 is 0 Å². The molecule has 1 aliphatic rings. The Bertz CT molecular complexity index is 484. The van der Waals surface area contributed by atoms with Crippen molar-refractivity contribution in [2.45, 2.75) is 6.10 Å². The summed E-state index contributed by atoms with van der Waals surface area (Å²) in [6.45, 7) is 2.44. The molecule has 0 bridgehead atoms. The third-order valence-electron chi connectivity index (χ3n) is 2.57. The lowest BCUT2D eigenvalue weighted by atomic mass is 10.2. The molecule has 6 heteroatoms. The summed E-state index contributed by atoms with van der Waals surface area (Å²) in [6.07, 6.45) is -0.0729. The lowest BCUT2D eigenvalue weighted by Gasteiger charge is -2.22. The zero-order chi connectivity index (χ0) is 13.5. The number of amides is 1. The molecule has 0 aromatic carbocycles. The van der Waals surface area contributed by atoms with Crippen molar-refractivity contribution in [2.75, 3.05) is 32.9 Å². The third kappa shape index (κ3) is 4.04. The van der Waals surface area contributed by atoms with Crippen LogP contribution in [-0.2, 0) is 9.47 Å². The van der Waals surface area contributed by atoms with E-state index in [1.165, 1.54) is 11.3 Å². The molecule has 102 valence electrons. The second kappa shape index (κ2) is 7.26. The smallest absolute Gasteiger partial charge is 0.262 e. The summed E-state index contributed by atoms with van der Waals surface area (Å²) >= 11 is 1.37. The standard InChI is InChI=1S/C13H16N2O3S/c14-4-1-2-10-3-7-19-12(10)13(16)15-8-11-9-17-5-6-18-11/h3,7,11H,4-6,8-9,14H2,(H,15,16). The van der Waals surface area contributed by atoms with Crippen LogP contribution >= 0.6 is 11.3 Å². The van der Waals surface area contributed by atoms with Crippen LogP contribution in [0.1, 0.15) is 15.2 Å². The van der Waals surface area contributed by atoms with Gasteiger partial charge in [0.15, 0.2) is 0 Å². The molecule has 1 amide bonds. The average Bonchev–Trinajstić information content (AvgIpc) is 2.92. The van der Waals surface area contributed by atoms with Crippen LogP contribution in [0.5, 0.6) is 0 Å². The van der Waals surface area contributed by atoms with Gasteiger partial charge in [0.1, 0.15) is 4.88 Å². The molecule has 1 aliphatic heterocycles. The molecular weight excluding hydrogens is 264 g/mol. The minimum absolute atomic E-state index is 0.0729. The first-order valence-corrected chi connectivity index (χ1v) is 6.93. The minimum Gasteiger partial charge on any atom is -0.376 e. The summed E-state index contributed by atoms with van der Waals surface area (Å²) in [7, 11) is 0. The van der Waals surface area contributed by atoms with Gasteiger partial charge in [-0.15, -0.1) is 11.3 Å². The zero-order valence-electron chi connectivity index (χ0n) is 10.5. The van der Waals surface area contributed by atoms with Crippen molar-refractivity contribution in [3.8, 4) is 11.8 Å². The van der Waals surface area contributed by atoms with E-state index in [-0.39, 0.29) is 18.6 Å². The minimum atomic E-state index is -0.134. The van der Waals surface area contributed by atoms with E-state index in [9.17, 15) is 4.79 Å². The molecule has 1 atom stereocenters. The summed E-state index contributed by atoms with van der Waals surface area (Å²) in [5.74, 6) is 5.51. The Morgan fingerprint density at radius 3 is 3.21 bits per heavy atom. The Kier molecular flexibility index (Phi) is 5.36. The maximum atomic E-state index is 12.0. The monoisotopic (exact) mass is 280 g/mol. The highest BCUT2D eigenvalue weighted by Crippen LogP contribution is 2.15. The van der Waals surface area contributed by atoms with Gasteiger partial charge in [-0.1, -0.05) is 11.8 Å². The lowest BCUT2D eigenvalue weighted by molar-refractivity contribution is -0.0855. The number of rotatable bonds is 3. The molecule has 0 aliphatic carbocycles. The SMILES string of the molecule is NCC#Cc1ccsc1C(=O)NCC1COCCO1. The van der Waals surface area contributed by atoms with E-state index >= 15 is 0 Å². The molecule has 2 rings (SSSR count). The Balaban J connectivity index is 1.90. The van der Waals surface area contributed by atoms with Crippen LogP contribution in [0.3, 0.4) is 0 Å². The van der Waals surface area contributed by atoms with E-state index in [0.717, 1.165) is 0 Å². The van der Waals surface area contributed by atoms with E-state index in [2.05, 4.69) is 17.2 Å². The third-order valence-corrected chi connectivity index (χ3v) is 3.49. The molecule has 1 saturated heterocycles. The largest absolute Gasteiger partial charge is 0.376 e. The highest BCUT2D eigenvalue weighted by Gasteiger charge is 2.17. The highest BCUT2D eigenvalue weighted by molar-refractivity contribution is 7.12. The number of carbonyl (C=O) groups excluding carboxylic acids is 1. The van der Waals surface area contributed by atoms with E-state index in [4.69, 9.17) is 15.2 Å². The van der Waals surface area contributed by atoms with Crippen molar-refractivity contribution in [1.82, 2.24) is 5.32 Å². The predicted molar refractivity (Wildman–Crippen MR) is 73.1 cm³/mol. The topological polar surface area (TPSA) is 73.6 Å². The van der Waals surface area contributed by atoms with Gasteiger partial charge in [0.2, 0.25) is 0 Å². The molecule has 1 aromatic heterocycles. The number of nitrogens with two attached hydrogens (primary N) is 1. The molecule has 0 radical (unpaired) electrons. The summed E-state index contributed by atoms with van der Waals surface area (Å²) in [5.41, 5.74) is 6.04. The molecule has 2 heterocycles. The normalized spacial score (nSPS) is 18.5. The summed E-state index contributed by atoms with van der Waals surface area (Å²) in [5, 5.41) is 4.68. The summed E-state index contributed by atoms with van der Waals surface area (Å²) in [4.78, 5) is 12.6. The molecule has 1 fully saturated rings. The first kappa shape index (κ1) is 14.0. The Morgan fingerprint density at radius 1 is 1.58 bits per heavy atom. The van der Waals surface area contributed by atoms with Crippen molar-refractivity contribution in [3.63, 3.8) is 0 Å². The summed E-state index contributed by atoms with van der Waals surface area (Å²) < 4.78 is 10.7. The van der Waals surface area contributed by atoms with Gasteiger partial charge in [0, 0.05) is 12.1 Å². The van der Waals surface area contributed by atoms with Gasteiger partial charge in [0.25, 0.3) is 5.91 Å². The molecule has 3 N–H and O–H groups in total. The molecule has 1 unspecified atom stereocenters. The average molecular weight is 280 g/mol. The Morgan fingerprint density at radius 2 is 2.47 bits per heavy atom. The number of ether oxygens (including phenoxy) is 2. The maximum Gasteiger partial charge on any atom is 0.262 e. The van der Waals surface area contributed by atoms with Crippen LogP contribution in [-0.4, -0.2) is 44.9 Å². The van der Waals surface area contributed by atoms with Gasteiger partial charge in [-0.3, -0.25) is 4.79 Å². The highest BCUT2D eigenvalue weighted by atomic mass is 32.1. The maximum absolute atomic E-state index is 12.0. The van der Waals surface area contributed by atoms with E-state index < -0.39 is 0 Å². The van der Waals surface area contributed by atoms with E-state index in [1.807, 2.05) is 11.4 Å². The first-order valence-electron chi connectivity index (χ1n) is 6.05. The number of thiophene rings is 1. The quantitative estimate of drug-likeness (QED) is 0.776. The number of hydrogen-bond donors (Lipinski definition) is 2. The second-order valence-corrected chi connectivity index (χ2v) is 4.86. The molecular formula is C13H16N2O3S. The summed E-state index contributed by atoms with van der Waals surface area (Å²) in [6, 6.07) is 1.82. The van der Waals surface area contributed by atoms with Crippen molar-refractivity contribution in [2.24, 2.45) is 5.73 Å². The molecule has 0 spiro atoms. The van der Waals surface area contributed by atoms with E-state index in [1.54, 1.807) is 0 Å². The fourth-order valence-electron chi connectivity index (χ4n) is 1.67. The zero-order valence-corrected chi connectivity index (χ0v) is 11.3. The van der Waals surface area contributed by atoms with Gasteiger partial charge < -0.3 is 20.5 Å². The van der Waals surface area contributed by atoms with Crippen molar-refractivity contribution < 1.29 is 14.3 Å². The van der Waals surface area contributed by atoms with Gasteiger partial charge in [-0.25, -0.2) is 0 Å². The molecule has 1 aromatic rings. The fourth-order valence-corrected chi connectivity index (χ4v) is 2.44. The fraction of sp³-hybridized carbons (Fsp3) is 0.462. The number of carbonyl (C=O) groups is 1. The lowest BCUT2D eigenvalue weighted by Crippen LogP contribution is -2.39. The first-order chi connectivity index (χ1) is 9.31. The van der Waals surface area contributed by atoms with Crippen LogP contribution in [0.15, 0.2) is 11.4 Å². The van der Waals surface area contributed by atoms with Crippen LogP contribution in [0.25, 0.3) is 0 Å². The van der Waals surface area contributed by atoms with Crippen LogP contribution in [0.4, 0.5) is 0 Å². The van der Waals surface area contributed by atoms with Crippen molar-refractivity contribution in [1.29, 1.82) is 0 Å². The second-order valence-electron chi connectivity index (χ2n) is 3.95. The molecule has 19 heavy (non-hydrogen) atoms. The Labute approximate surface area is 116 Å². The molecule has 0 saturated carbocycles. The van der Waals surface area contributed by atoms with Gasteiger partial charge in [-0.05, 0) is 11.4 Å². The Hall–Kier alpha value is -1.39. The number of hydrogen-bond acceptors (Lipinski definition) is 5.